The summed E-state index contributed by atoms with van der Waals surface area (Å²) in [6, 6.07) is 0. The maximum atomic E-state index is 12.9. The summed E-state index contributed by atoms with van der Waals surface area (Å²) in [5, 5.41) is 0. The number of ether oxygens (including phenoxy) is 1. The van der Waals surface area contributed by atoms with E-state index in [9.17, 15) is 9.59 Å². The summed E-state index contributed by atoms with van der Waals surface area (Å²) in [5.41, 5.74) is 1.42. The van der Waals surface area contributed by atoms with Crippen molar-refractivity contribution in [2.75, 3.05) is 19.7 Å². The van der Waals surface area contributed by atoms with E-state index in [1.165, 1.54) is 0 Å². The van der Waals surface area contributed by atoms with Crippen LogP contribution in [-0.2, 0) is 29.4 Å². The Kier molecular flexibility index (Phi) is 4.51. The molecule has 0 aliphatic carbocycles. The molecule has 1 atom stereocenters. The topological polar surface area (TPSA) is 64.4 Å². The van der Waals surface area contributed by atoms with E-state index >= 15 is 0 Å². The van der Waals surface area contributed by atoms with Crippen LogP contribution >= 0.6 is 0 Å². The van der Waals surface area contributed by atoms with Crippen molar-refractivity contribution >= 4 is 5.91 Å². The number of amides is 1. The van der Waals surface area contributed by atoms with Crippen LogP contribution < -0.4 is 5.56 Å². The summed E-state index contributed by atoms with van der Waals surface area (Å²) >= 11 is 0. The normalized spacial score (nSPS) is 23.5. The average Bonchev–Trinajstić information content (AvgIpc) is 2.74. The molecular formula is C18H27N3O3. The van der Waals surface area contributed by atoms with Gasteiger partial charge in [0.1, 0.15) is 5.82 Å². The first-order valence-electron chi connectivity index (χ1n) is 8.76. The minimum atomic E-state index is -0.234. The predicted molar refractivity (Wildman–Crippen MR) is 91.0 cm³/mol. The van der Waals surface area contributed by atoms with Gasteiger partial charge in [0.2, 0.25) is 5.91 Å². The van der Waals surface area contributed by atoms with Gasteiger partial charge >= 0.3 is 0 Å². The molecule has 6 heteroatoms. The number of hydrogen-bond donors (Lipinski definition) is 0. The number of aryl methyl sites for hydroxylation is 1. The van der Waals surface area contributed by atoms with Crippen molar-refractivity contribution in [1.82, 2.24) is 14.5 Å². The van der Waals surface area contributed by atoms with Crippen molar-refractivity contribution in [3.8, 4) is 0 Å². The molecule has 24 heavy (non-hydrogen) atoms. The van der Waals surface area contributed by atoms with Gasteiger partial charge in [-0.2, -0.15) is 0 Å². The number of fused-ring (bicyclic) bond motifs is 1. The van der Waals surface area contributed by atoms with Gasteiger partial charge in [0.05, 0.1) is 11.3 Å². The molecule has 1 saturated heterocycles. The van der Waals surface area contributed by atoms with Gasteiger partial charge in [-0.15, -0.1) is 0 Å². The van der Waals surface area contributed by atoms with Crippen LogP contribution in [0.2, 0.25) is 0 Å². The molecule has 0 bridgehead atoms. The lowest BCUT2D eigenvalue weighted by molar-refractivity contribution is -0.145. The Hall–Kier alpha value is -1.69. The number of aromatic nitrogens is 2. The average molecular weight is 333 g/mol. The van der Waals surface area contributed by atoms with E-state index in [-0.39, 0.29) is 23.0 Å². The Morgan fingerprint density at radius 3 is 2.71 bits per heavy atom. The zero-order valence-corrected chi connectivity index (χ0v) is 15.1. The van der Waals surface area contributed by atoms with Crippen LogP contribution in [0.3, 0.4) is 0 Å². The van der Waals surface area contributed by atoms with Crippen LogP contribution in [0.4, 0.5) is 0 Å². The number of rotatable bonds is 1. The molecule has 1 aromatic rings. The summed E-state index contributed by atoms with van der Waals surface area (Å²) in [5.74, 6) is 0.949. The molecule has 132 valence electrons. The van der Waals surface area contributed by atoms with Crippen LogP contribution in [-0.4, -0.2) is 45.7 Å². The van der Waals surface area contributed by atoms with E-state index in [0.29, 0.717) is 32.5 Å². The third-order valence-electron chi connectivity index (χ3n) is 5.30. The third-order valence-corrected chi connectivity index (χ3v) is 5.30. The number of nitrogens with zero attached hydrogens (tertiary/aromatic N) is 3. The minimum Gasteiger partial charge on any atom is -0.376 e. The van der Waals surface area contributed by atoms with E-state index in [2.05, 4.69) is 4.98 Å². The fraction of sp³-hybridized carbons (Fsp3) is 0.722. The Morgan fingerprint density at radius 2 is 2.00 bits per heavy atom. The summed E-state index contributed by atoms with van der Waals surface area (Å²) < 4.78 is 7.32. The molecule has 0 radical (unpaired) electrons. The molecule has 3 rings (SSSR count). The second kappa shape index (κ2) is 6.31. The SMILES string of the molecule is Cc1nc2c(c(=O)n1C)CCN(C(=O)C1CCOC(C)(C)C1)CC2. The van der Waals surface area contributed by atoms with Crippen LogP contribution in [0, 0.1) is 12.8 Å². The second-order valence-electron chi connectivity index (χ2n) is 7.57. The Bertz CT molecular complexity index is 708. The molecule has 1 fully saturated rings. The second-order valence-corrected chi connectivity index (χ2v) is 7.57. The van der Waals surface area contributed by atoms with E-state index in [1.807, 2.05) is 25.7 Å². The summed E-state index contributed by atoms with van der Waals surface area (Å²) in [4.78, 5) is 31.9. The fourth-order valence-electron chi connectivity index (χ4n) is 3.79. The minimum absolute atomic E-state index is 0.0208. The quantitative estimate of drug-likeness (QED) is 0.775. The molecule has 2 aliphatic rings. The highest BCUT2D eigenvalue weighted by molar-refractivity contribution is 5.79. The molecule has 0 saturated carbocycles. The lowest BCUT2D eigenvalue weighted by Crippen LogP contribution is -2.44. The summed E-state index contributed by atoms with van der Waals surface area (Å²) in [6.07, 6.45) is 2.79. The largest absolute Gasteiger partial charge is 0.376 e. The molecule has 1 aromatic heterocycles. The zero-order valence-electron chi connectivity index (χ0n) is 15.1. The fourth-order valence-corrected chi connectivity index (χ4v) is 3.79. The number of hydrogen-bond acceptors (Lipinski definition) is 4. The number of carbonyl (C=O) groups excluding carboxylic acids is 1. The Labute approximate surface area is 142 Å². The molecule has 0 aromatic carbocycles. The van der Waals surface area contributed by atoms with Crippen molar-refractivity contribution in [2.24, 2.45) is 13.0 Å². The van der Waals surface area contributed by atoms with Crippen LogP contribution in [0.15, 0.2) is 4.79 Å². The van der Waals surface area contributed by atoms with E-state index in [4.69, 9.17) is 4.74 Å². The van der Waals surface area contributed by atoms with E-state index in [0.717, 1.165) is 29.9 Å². The molecule has 6 nitrogen and oxygen atoms in total. The maximum absolute atomic E-state index is 12.9. The van der Waals surface area contributed by atoms with Crippen molar-refractivity contribution in [1.29, 1.82) is 0 Å². The Balaban J connectivity index is 1.76. The molecular weight excluding hydrogens is 306 g/mol. The lowest BCUT2D eigenvalue weighted by atomic mass is 9.87. The van der Waals surface area contributed by atoms with Gasteiger partial charge < -0.3 is 9.64 Å². The monoisotopic (exact) mass is 333 g/mol. The third kappa shape index (κ3) is 3.24. The highest BCUT2D eigenvalue weighted by atomic mass is 16.5. The van der Waals surface area contributed by atoms with Gasteiger partial charge in [-0.3, -0.25) is 14.2 Å². The predicted octanol–water partition coefficient (Wildman–Crippen LogP) is 1.22. The molecule has 2 aliphatic heterocycles. The van der Waals surface area contributed by atoms with Crippen molar-refractivity contribution in [3.05, 3.63) is 27.4 Å². The first-order chi connectivity index (χ1) is 11.3. The zero-order chi connectivity index (χ0) is 17.5. The first kappa shape index (κ1) is 17.1. The van der Waals surface area contributed by atoms with E-state index < -0.39 is 0 Å². The van der Waals surface area contributed by atoms with Crippen LogP contribution in [0.25, 0.3) is 0 Å². The lowest BCUT2D eigenvalue weighted by Gasteiger charge is -2.37. The summed E-state index contributed by atoms with van der Waals surface area (Å²) in [7, 11) is 1.75. The highest BCUT2D eigenvalue weighted by Crippen LogP contribution is 2.30. The molecule has 1 amide bonds. The van der Waals surface area contributed by atoms with Crippen molar-refractivity contribution < 1.29 is 9.53 Å². The van der Waals surface area contributed by atoms with Gasteiger partial charge in [-0.1, -0.05) is 0 Å². The van der Waals surface area contributed by atoms with Crippen molar-refractivity contribution in [2.45, 2.75) is 52.1 Å². The van der Waals surface area contributed by atoms with Gasteiger partial charge in [0.25, 0.3) is 5.56 Å². The maximum Gasteiger partial charge on any atom is 0.256 e. The molecule has 0 spiro atoms. The van der Waals surface area contributed by atoms with Gasteiger partial charge in [-0.25, -0.2) is 4.98 Å². The number of carbonyl (C=O) groups is 1. The summed E-state index contributed by atoms with van der Waals surface area (Å²) in [6.45, 7) is 7.81. The van der Waals surface area contributed by atoms with Crippen LogP contribution in [0.5, 0.6) is 0 Å². The van der Waals surface area contributed by atoms with Crippen LogP contribution in [0.1, 0.15) is 43.8 Å². The van der Waals surface area contributed by atoms with Gasteiger partial charge in [0, 0.05) is 44.6 Å². The Morgan fingerprint density at radius 1 is 1.29 bits per heavy atom. The molecule has 0 N–H and O–H groups in total. The van der Waals surface area contributed by atoms with E-state index in [1.54, 1.807) is 11.6 Å². The standard InChI is InChI=1S/C18H27N3O3/c1-12-19-15-6-9-21(8-5-14(15)17(23)20(12)4)16(22)13-7-10-24-18(2,3)11-13/h13H,5-11H2,1-4H3. The first-order valence-corrected chi connectivity index (χ1v) is 8.76. The van der Waals surface area contributed by atoms with Gasteiger partial charge in [-0.05, 0) is 40.0 Å². The highest BCUT2D eigenvalue weighted by Gasteiger charge is 2.35. The van der Waals surface area contributed by atoms with Crippen molar-refractivity contribution in [3.63, 3.8) is 0 Å². The molecule has 1 unspecified atom stereocenters. The van der Waals surface area contributed by atoms with Gasteiger partial charge in [0.15, 0.2) is 0 Å². The molecule has 3 heterocycles. The smallest absolute Gasteiger partial charge is 0.256 e.